The number of rotatable bonds is 4. The molecule has 1 saturated carbocycles. The van der Waals surface area contributed by atoms with E-state index in [1.165, 1.54) is 5.56 Å². The Bertz CT molecular complexity index is 1040. The molecule has 0 spiro atoms. The van der Waals surface area contributed by atoms with E-state index in [9.17, 15) is 4.79 Å². The fraction of sp³-hybridized carbons (Fsp3) is 0.304. The lowest BCUT2D eigenvalue weighted by molar-refractivity contribution is 0.0665. The van der Waals surface area contributed by atoms with E-state index in [2.05, 4.69) is 41.2 Å². The summed E-state index contributed by atoms with van der Waals surface area (Å²) < 4.78 is 2.05. The molecule has 5 nitrogen and oxygen atoms in total. The minimum Gasteiger partial charge on any atom is -0.361 e. The van der Waals surface area contributed by atoms with E-state index in [0.717, 1.165) is 47.6 Å². The van der Waals surface area contributed by atoms with Crippen LogP contribution in [0.4, 0.5) is 5.69 Å². The number of benzene rings is 2. The Kier molecular flexibility index (Phi) is 3.97. The molecule has 0 unspecified atom stereocenters. The van der Waals surface area contributed by atoms with Gasteiger partial charge in [0.1, 0.15) is 6.17 Å². The third-order valence-electron chi connectivity index (χ3n) is 5.79. The monoisotopic (exact) mass is 372 g/mol. The summed E-state index contributed by atoms with van der Waals surface area (Å²) in [5.41, 5.74) is 6.09. The van der Waals surface area contributed by atoms with Gasteiger partial charge in [-0.15, -0.1) is 0 Å². The highest BCUT2D eigenvalue weighted by atomic mass is 16.2. The van der Waals surface area contributed by atoms with Crippen LogP contribution in [-0.2, 0) is 6.54 Å². The third kappa shape index (κ3) is 2.78. The molecule has 2 aliphatic rings. The van der Waals surface area contributed by atoms with Crippen molar-refractivity contribution in [3.8, 4) is 0 Å². The Morgan fingerprint density at radius 3 is 2.50 bits per heavy atom. The number of aromatic nitrogens is 2. The van der Waals surface area contributed by atoms with Crippen LogP contribution in [0.2, 0.25) is 0 Å². The SMILES string of the molecule is Cc1nn(Cc2ccccc2)c(C)c1[C@H]1Nc2ccccc2C(=O)N1C1CC1. The van der Waals surface area contributed by atoms with E-state index in [1.807, 2.05) is 42.2 Å². The van der Waals surface area contributed by atoms with Crippen molar-refractivity contribution >= 4 is 11.6 Å². The lowest BCUT2D eigenvalue weighted by Crippen LogP contribution is -2.44. The molecule has 2 heterocycles. The van der Waals surface area contributed by atoms with Crippen LogP contribution in [0.3, 0.4) is 0 Å². The molecule has 5 heteroatoms. The van der Waals surface area contributed by atoms with Gasteiger partial charge in [0.25, 0.3) is 5.91 Å². The van der Waals surface area contributed by atoms with Crippen molar-refractivity contribution in [3.63, 3.8) is 0 Å². The van der Waals surface area contributed by atoms with Crippen LogP contribution >= 0.6 is 0 Å². The minimum atomic E-state index is -0.167. The lowest BCUT2D eigenvalue weighted by Gasteiger charge is -2.38. The quantitative estimate of drug-likeness (QED) is 0.744. The Labute approximate surface area is 165 Å². The molecule has 1 fully saturated rings. The summed E-state index contributed by atoms with van der Waals surface area (Å²) in [4.78, 5) is 15.3. The predicted octanol–water partition coefficient (Wildman–Crippen LogP) is 4.28. The van der Waals surface area contributed by atoms with Crippen LogP contribution in [0.25, 0.3) is 0 Å². The molecule has 142 valence electrons. The largest absolute Gasteiger partial charge is 0.361 e. The molecular formula is C23H24N4O. The van der Waals surface area contributed by atoms with Crippen molar-refractivity contribution in [1.29, 1.82) is 0 Å². The normalized spacial score (nSPS) is 18.7. The Balaban J connectivity index is 1.55. The highest BCUT2D eigenvalue weighted by Crippen LogP contribution is 2.42. The molecule has 1 aliphatic heterocycles. The van der Waals surface area contributed by atoms with Crippen molar-refractivity contribution in [1.82, 2.24) is 14.7 Å². The van der Waals surface area contributed by atoms with E-state index in [1.54, 1.807) is 0 Å². The minimum absolute atomic E-state index is 0.122. The zero-order valence-corrected chi connectivity index (χ0v) is 16.2. The molecule has 0 bridgehead atoms. The molecule has 2 aromatic carbocycles. The molecule has 1 N–H and O–H groups in total. The number of carbonyl (C=O) groups is 1. The summed E-state index contributed by atoms with van der Waals surface area (Å²) in [5.74, 6) is 0.122. The summed E-state index contributed by atoms with van der Waals surface area (Å²) in [6.07, 6.45) is 1.98. The van der Waals surface area contributed by atoms with Crippen molar-refractivity contribution in [2.45, 2.75) is 45.4 Å². The topological polar surface area (TPSA) is 50.2 Å². The van der Waals surface area contributed by atoms with Gasteiger partial charge in [0, 0.05) is 23.0 Å². The molecule has 28 heavy (non-hydrogen) atoms. The first-order valence-electron chi connectivity index (χ1n) is 9.89. The Morgan fingerprint density at radius 2 is 1.75 bits per heavy atom. The van der Waals surface area contributed by atoms with E-state index in [4.69, 9.17) is 5.10 Å². The smallest absolute Gasteiger partial charge is 0.258 e. The maximum atomic E-state index is 13.3. The second-order valence-corrected chi connectivity index (χ2v) is 7.76. The number of nitrogens with one attached hydrogen (secondary N) is 1. The number of anilines is 1. The fourth-order valence-electron chi connectivity index (χ4n) is 4.23. The maximum absolute atomic E-state index is 13.3. The second-order valence-electron chi connectivity index (χ2n) is 7.76. The number of hydrogen-bond donors (Lipinski definition) is 1. The van der Waals surface area contributed by atoms with Gasteiger partial charge in [-0.25, -0.2) is 0 Å². The molecule has 0 radical (unpaired) electrons. The third-order valence-corrected chi connectivity index (χ3v) is 5.79. The number of aryl methyl sites for hydroxylation is 1. The molecule has 1 atom stereocenters. The van der Waals surface area contributed by atoms with E-state index in [-0.39, 0.29) is 12.1 Å². The average molecular weight is 372 g/mol. The van der Waals surface area contributed by atoms with Gasteiger partial charge in [0.05, 0.1) is 17.8 Å². The van der Waals surface area contributed by atoms with Crippen LogP contribution in [-0.4, -0.2) is 26.6 Å². The van der Waals surface area contributed by atoms with E-state index >= 15 is 0 Å². The van der Waals surface area contributed by atoms with Crippen molar-refractivity contribution in [3.05, 3.63) is 82.7 Å². The first-order chi connectivity index (χ1) is 13.6. The summed E-state index contributed by atoms with van der Waals surface area (Å²) in [7, 11) is 0. The van der Waals surface area contributed by atoms with Gasteiger partial charge in [-0.05, 0) is 44.4 Å². The Hall–Kier alpha value is -3.08. The van der Waals surface area contributed by atoms with Crippen LogP contribution in [0, 0.1) is 13.8 Å². The van der Waals surface area contributed by atoms with Crippen LogP contribution in [0.15, 0.2) is 54.6 Å². The maximum Gasteiger partial charge on any atom is 0.258 e. The first-order valence-corrected chi connectivity index (χ1v) is 9.89. The van der Waals surface area contributed by atoms with Crippen LogP contribution in [0.5, 0.6) is 0 Å². The predicted molar refractivity (Wildman–Crippen MR) is 109 cm³/mol. The van der Waals surface area contributed by atoms with Crippen LogP contribution < -0.4 is 5.32 Å². The highest BCUT2D eigenvalue weighted by molar-refractivity contribution is 6.02. The van der Waals surface area contributed by atoms with Crippen molar-refractivity contribution in [2.75, 3.05) is 5.32 Å². The Morgan fingerprint density at radius 1 is 1.04 bits per heavy atom. The van der Waals surface area contributed by atoms with Gasteiger partial charge >= 0.3 is 0 Å². The van der Waals surface area contributed by atoms with Crippen molar-refractivity contribution < 1.29 is 4.79 Å². The lowest BCUT2D eigenvalue weighted by atomic mass is 10.0. The molecule has 1 amide bonds. The van der Waals surface area contributed by atoms with Gasteiger partial charge in [0.2, 0.25) is 0 Å². The van der Waals surface area contributed by atoms with Crippen molar-refractivity contribution in [2.24, 2.45) is 0 Å². The van der Waals surface area contributed by atoms with E-state index in [0.29, 0.717) is 6.04 Å². The second kappa shape index (κ2) is 6.51. The van der Waals surface area contributed by atoms with Gasteiger partial charge < -0.3 is 10.2 Å². The molecule has 1 aromatic heterocycles. The highest BCUT2D eigenvalue weighted by Gasteiger charge is 2.43. The molecular weight excluding hydrogens is 348 g/mol. The zero-order valence-electron chi connectivity index (χ0n) is 16.2. The summed E-state index contributed by atoms with van der Waals surface area (Å²) >= 11 is 0. The molecule has 3 aromatic rings. The number of nitrogens with zero attached hydrogens (tertiary/aromatic N) is 3. The molecule has 1 aliphatic carbocycles. The standard InChI is InChI=1S/C23H24N4O/c1-15-21(16(2)26(25-15)14-17-8-4-3-5-9-17)22-24-20-11-7-6-10-19(20)23(28)27(22)18-12-13-18/h3-11,18,22,24H,12-14H2,1-2H3/t22-/m0/s1. The molecule has 5 rings (SSSR count). The summed E-state index contributed by atoms with van der Waals surface area (Å²) in [6, 6.07) is 18.5. The summed E-state index contributed by atoms with van der Waals surface area (Å²) in [5, 5.41) is 8.44. The number of amides is 1. The fourth-order valence-corrected chi connectivity index (χ4v) is 4.23. The zero-order chi connectivity index (χ0) is 19.3. The van der Waals surface area contributed by atoms with Gasteiger partial charge in [-0.1, -0.05) is 42.5 Å². The number of para-hydroxylation sites is 1. The molecule has 0 saturated heterocycles. The van der Waals surface area contributed by atoms with Crippen LogP contribution in [0.1, 0.15) is 51.9 Å². The van der Waals surface area contributed by atoms with Gasteiger partial charge in [-0.2, -0.15) is 5.10 Å². The van der Waals surface area contributed by atoms with E-state index < -0.39 is 0 Å². The number of hydrogen-bond acceptors (Lipinski definition) is 3. The number of fused-ring (bicyclic) bond motifs is 1. The summed E-state index contributed by atoms with van der Waals surface area (Å²) in [6.45, 7) is 4.88. The van der Waals surface area contributed by atoms with Gasteiger partial charge in [-0.3, -0.25) is 9.48 Å². The van der Waals surface area contributed by atoms with Gasteiger partial charge in [0.15, 0.2) is 0 Å². The average Bonchev–Trinajstić information content (AvgIpc) is 3.49. The first kappa shape index (κ1) is 17.0. The number of carbonyl (C=O) groups excluding carboxylic acids is 1.